The molecule has 22 heavy (non-hydrogen) atoms. The Balaban J connectivity index is 1.91. The molecule has 2 unspecified atom stereocenters. The zero-order chi connectivity index (χ0) is 15.5. The van der Waals surface area contributed by atoms with Gasteiger partial charge in [0.15, 0.2) is 0 Å². The summed E-state index contributed by atoms with van der Waals surface area (Å²) in [4.78, 5) is 4.02. The van der Waals surface area contributed by atoms with Gasteiger partial charge < -0.3 is 11.1 Å². The first-order chi connectivity index (χ1) is 10.7. The lowest BCUT2D eigenvalue weighted by Crippen LogP contribution is -2.14. The predicted molar refractivity (Wildman–Crippen MR) is 85.3 cm³/mol. The number of nitrogens with zero attached hydrogens (tertiary/aromatic N) is 4. The summed E-state index contributed by atoms with van der Waals surface area (Å²) in [6, 6.07) is 2.55. The molecule has 3 rings (SSSR count). The maximum atomic E-state index is 8.94. The quantitative estimate of drug-likeness (QED) is 0.833. The van der Waals surface area contributed by atoms with Crippen molar-refractivity contribution in [2.45, 2.75) is 31.7 Å². The molecule has 1 aliphatic carbocycles. The van der Waals surface area contributed by atoms with Gasteiger partial charge in [0.05, 0.1) is 18.3 Å². The normalized spacial score (nSPS) is 25.9. The van der Waals surface area contributed by atoms with Crippen LogP contribution in [0.15, 0.2) is 35.2 Å². The molecule has 1 aromatic rings. The van der Waals surface area contributed by atoms with Gasteiger partial charge in [-0.15, -0.1) is 0 Å². The van der Waals surface area contributed by atoms with Gasteiger partial charge >= 0.3 is 0 Å². The van der Waals surface area contributed by atoms with Gasteiger partial charge in [0.1, 0.15) is 5.84 Å². The molecule has 112 valence electrons. The van der Waals surface area contributed by atoms with E-state index in [1.807, 2.05) is 10.9 Å². The average Bonchev–Trinajstić information content (AvgIpc) is 3.22. The topological polar surface area (TPSA) is 104 Å². The molecule has 2 aliphatic rings. The van der Waals surface area contributed by atoms with Gasteiger partial charge in [-0.2, -0.15) is 10.4 Å². The Morgan fingerprint density at radius 2 is 2.41 bits per heavy atom. The maximum Gasteiger partial charge on any atom is 0.131 e. The summed E-state index contributed by atoms with van der Waals surface area (Å²) in [7, 11) is 0. The van der Waals surface area contributed by atoms with Crippen LogP contribution in [0.1, 0.15) is 37.3 Å². The van der Waals surface area contributed by atoms with Crippen LogP contribution in [0.3, 0.4) is 0 Å². The van der Waals surface area contributed by atoms with E-state index in [2.05, 4.69) is 16.2 Å². The van der Waals surface area contributed by atoms with Crippen LogP contribution >= 0.6 is 0 Å². The second-order valence-corrected chi connectivity index (χ2v) is 5.63. The van der Waals surface area contributed by atoms with Crippen molar-refractivity contribution >= 4 is 17.6 Å². The van der Waals surface area contributed by atoms with Gasteiger partial charge in [0, 0.05) is 41.7 Å². The minimum Gasteiger partial charge on any atom is -0.383 e. The van der Waals surface area contributed by atoms with E-state index in [-0.39, 0.29) is 6.04 Å². The first-order valence-corrected chi connectivity index (χ1v) is 7.41. The summed E-state index contributed by atoms with van der Waals surface area (Å²) in [5.74, 6) is 0.793. The molecule has 0 amide bonds. The van der Waals surface area contributed by atoms with E-state index in [1.165, 1.54) is 6.21 Å². The van der Waals surface area contributed by atoms with E-state index < -0.39 is 0 Å². The number of amidine groups is 1. The Kier molecular flexibility index (Phi) is 3.88. The van der Waals surface area contributed by atoms with E-state index in [9.17, 15) is 0 Å². The van der Waals surface area contributed by atoms with Crippen molar-refractivity contribution in [1.29, 1.82) is 10.7 Å². The second kappa shape index (κ2) is 5.98. The van der Waals surface area contributed by atoms with Crippen molar-refractivity contribution in [1.82, 2.24) is 9.78 Å². The summed E-state index contributed by atoms with van der Waals surface area (Å²) >= 11 is 0. The zero-order valence-corrected chi connectivity index (χ0v) is 12.2. The highest BCUT2D eigenvalue weighted by Gasteiger charge is 2.29. The Morgan fingerprint density at radius 1 is 1.55 bits per heavy atom. The molecule has 1 aliphatic heterocycles. The van der Waals surface area contributed by atoms with Crippen molar-refractivity contribution in [3.05, 3.63) is 35.8 Å². The van der Waals surface area contributed by atoms with Crippen molar-refractivity contribution in [2.24, 2.45) is 16.6 Å². The number of allylic oxidation sites excluding steroid dienone is 1. The van der Waals surface area contributed by atoms with Crippen LogP contribution < -0.4 is 5.73 Å². The molecule has 0 saturated heterocycles. The molecule has 2 atom stereocenters. The fourth-order valence-electron chi connectivity index (χ4n) is 3.27. The number of hydrogen-bond donors (Lipinski definition) is 2. The number of hydrogen-bond acceptors (Lipinski definition) is 5. The van der Waals surface area contributed by atoms with E-state index >= 15 is 0 Å². The highest BCUT2D eigenvalue weighted by Crippen LogP contribution is 2.37. The van der Waals surface area contributed by atoms with Crippen molar-refractivity contribution in [2.75, 3.05) is 0 Å². The second-order valence-electron chi connectivity index (χ2n) is 5.63. The first-order valence-electron chi connectivity index (χ1n) is 7.41. The van der Waals surface area contributed by atoms with Gasteiger partial charge in [0.25, 0.3) is 0 Å². The van der Waals surface area contributed by atoms with E-state index in [0.29, 0.717) is 18.2 Å². The lowest BCUT2D eigenvalue weighted by Gasteiger charge is -2.17. The molecule has 1 aromatic heterocycles. The molecule has 0 spiro atoms. The minimum atomic E-state index is 0.274. The summed E-state index contributed by atoms with van der Waals surface area (Å²) in [5, 5.41) is 21.1. The fourth-order valence-corrected chi connectivity index (χ4v) is 3.27. The van der Waals surface area contributed by atoms with Gasteiger partial charge in [-0.3, -0.25) is 4.68 Å². The largest absolute Gasteiger partial charge is 0.383 e. The molecule has 1 saturated carbocycles. The van der Waals surface area contributed by atoms with E-state index in [1.54, 1.807) is 18.5 Å². The number of aromatic nitrogens is 2. The molecule has 6 nitrogen and oxygen atoms in total. The SMILES string of the molecule is N#CCC1CCCC1n1cc(/C(C=N)=C2\C=CN=C2N)cn1. The monoisotopic (exact) mass is 294 g/mol. The summed E-state index contributed by atoms with van der Waals surface area (Å²) in [6.45, 7) is 0. The number of nitrogens with one attached hydrogen (secondary N) is 1. The lowest BCUT2D eigenvalue weighted by molar-refractivity contribution is 0.356. The van der Waals surface area contributed by atoms with Crippen LogP contribution in [0.25, 0.3) is 5.57 Å². The lowest BCUT2D eigenvalue weighted by atomic mass is 10.0. The standard InChI is InChI=1S/C16H18N6/c17-6-4-11-2-1-3-15(11)22-10-12(9-21-22)14(8-18)13-5-7-20-16(13)19/h5,7-11,15,18H,1-4H2,(H2,19,20)/b14-13+,18-8?. The summed E-state index contributed by atoms with van der Waals surface area (Å²) < 4.78 is 1.94. The Bertz CT molecular complexity index is 715. The fraction of sp³-hybridized carbons (Fsp3) is 0.375. The van der Waals surface area contributed by atoms with E-state index in [4.69, 9.17) is 16.4 Å². The summed E-state index contributed by atoms with van der Waals surface area (Å²) in [6.07, 6.45) is 12.3. The molecule has 2 heterocycles. The van der Waals surface area contributed by atoms with Gasteiger partial charge in [-0.25, -0.2) is 4.99 Å². The van der Waals surface area contributed by atoms with Crippen molar-refractivity contribution in [3.63, 3.8) is 0 Å². The molecule has 6 heteroatoms. The third-order valence-corrected chi connectivity index (χ3v) is 4.39. The maximum absolute atomic E-state index is 8.94. The molecule has 3 N–H and O–H groups in total. The number of nitriles is 1. The number of aliphatic imine (C=N–C) groups is 1. The van der Waals surface area contributed by atoms with Crippen LogP contribution in [0, 0.1) is 22.7 Å². The number of nitrogens with two attached hydrogens (primary N) is 1. The van der Waals surface area contributed by atoms with E-state index in [0.717, 1.165) is 36.0 Å². The molecule has 1 fully saturated rings. The van der Waals surface area contributed by atoms with Crippen molar-refractivity contribution in [3.8, 4) is 6.07 Å². The van der Waals surface area contributed by atoms with Crippen LogP contribution in [-0.4, -0.2) is 21.8 Å². The molecule has 0 bridgehead atoms. The van der Waals surface area contributed by atoms with Crippen molar-refractivity contribution < 1.29 is 0 Å². The minimum absolute atomic E-state index is 0.274. The van der Waals surface area contributed by atoms with Crippen LogP contribution in [0.2, 0.25) is 0 Å². The Hall–Kier alpha value is -2.68. The molecular formula is C16H18N6. The average molecular weight is 294 g/mol. The molecule has 0 radical (unpaired) electrons. The molecular weight excluding hydrogens is 276 g/mol. The Morgan fingerprint density at radius 3 is 3.09 bits per heavy atom. The number of rotatable bonds is 4. The van der Waals surface area contributed by atoms with Crippen LogP contribution in [-0.2, 0) is 0 Å². The molecule has 0 aromatic carbocycles. The predicted octanol–water partition coefficient (Wildman–Crippen LogP) is 2.43. The van der Waals surface area contributed by atoms with Crippen LogP contribution in [0.5, 0.6) is 0 Å². The highest BCUT2D eigenvalue weighted by atomic mass is 15.3. The summed E-state index contributed by atoms with van der Waals surface area (Å²) in [5.41, 5.74) is 8.18. The third kappa shape index (κ3) is 2.46. The highest BCUT2D eigenvalue weighted by molar-refractivity contribution is 6.21. The van der Waals surface area contributed by atoms with Gasteiger partial charge in [-0.05, 0) is 24.8 Å². The Labute approximate surface area is 129 Å². The smallest absolute Gasteiger partial charge is 0.131 e. The van der Waals surface area contributed by atoms with Crippen LogP contribution in [0.4, 0.5) is 0 Å². The zero-order valence-electron chi connectivity index (χ0n) is 12.2. The third-order valence-electron chi connectivity index (χ3n) is 4.39. The first kappa shape index (κ1) is 14.3. The van der Waals surface area contributed by atoms with Gasteiger partial charge in [0.2, 0.25) is 0 Å². The van der Waals surface area contributed by atoms with Gasteiger partial charge in [-0.1, -0.05) is 6.42 Å².